The van der Waals surface area contributed by atoms with Gasteiger partial charge in [-0.2, -0.15) is 0 Å². The lowest BCUT2D eigenvalue weighted by atomic mass is 9.87. The molecule has 25 heavy (non-hydrogen) atoms. The Bertz CT molecular complexity index is 678. The van der Waals surface area contributed by atoms with Crippen LogP contribution in [-0.2, 0) is 6.54 Å². The van der Waals surface area contributed by atoms with Crippen LogP contribution in [0.4, 0.5) is 0 Å². The molecule has 0 aliphatic heterocycles. The zero-order valence-corrected chi connectivity index (χ0v) is 15.1. The maximum Gasteiger partial charge on any atom is 0.276 e. The van der Waals surface area contributed by atoms with Gasteiger partial charge in [0.15, 0.2) is 5.69 Å². The minimum absolute atomic E-state index is 0.110. The van der Waals surface area contributed by atoms with E-state index in [2.05, 4.69) is 15.3 Å². The van der Waals surface area contributed by atoms with Crippen molar-refractivity contribution in [3.8, 4) is 0 Å². The van der Waals surface area contributed by atoms with Gasteiger partial charge in [-0.1, -0.05) is 43.4 Å². The summed E-state index contributed by atoms with van der Waals surface area (Å²) in [6.45, 7) is 2.80. The average Bonchev–Trinajstić information content (AvgIpc) is 3.15. The Hall–Kier alpha value is -2.24. The first kappa shape index (κ1) is 17.6. The Labute approximate surface area is 149 Å². The number of nitrogens with zero attached hydrogens (tertiary/aromatic N) is 5. The molecule has 1 aliphatic carbocycles. The van der Waals surface area contributed by atoms with Crippen molar-refractivity contribution in [1.82, 2.24) is 24.9 Å². The average molecular weight is 341 g/mol. The fraction of sp³-hybridized carbons (Fsp3) is 0.579. The van der Waals surface area contributed by atoms with E-state index >= 15 is 0 Å². The van der Waals surface area contributed by atoms with Crippen LogP contribution in [0, 0.1) is 5.92 Å². The van der Waals surface area contributed by atoms with E-state index in [1.807, 2.05) is 25.1 Å². The minimum atomic E-state index is -0.123. The number of carbonyl (C=O) groups excluding carboxylic acids is 1. The molecule has 1 atom stereocenters. The molecule has 0 N–H and O–H groups in total. The highest BCUT2D eigenvalue weighted by Gasteiger charge is 2.22. The Morgan fingerprint density at radius 1 is 1.32 bits per heavy atom. The van der Waals surface area contributed by atoms with E-state index in [0.29, 0.717) is 5.69 Å². The molecule has 134 valence electrons. The van der Waals surface area contributed by atoms with Crippen LogP contribution < -0.4 is 0 Å². The molecule has 1 aliphatic rings. The number of aromatic nitrogens is 4. The summed E-state index contributed by atoms with van der Waals surface area (Å²) < 4.78 is 1.81. The van der Waals surface area contributed by atoms with Gasteiger partial charge < -0.3 is 4.90 Å². The van der Waals surface area contributed by atoms with Gasteiger partial charge in [-0.15, -0.1) is 5.10 Å². The maximum absolute atomic E-state index is 12.7. The standard InChI is InChI=1S/C19H27N5O/c1-15(17-10-6-7-12-20-17)23(2)19(25)18-14-24(22-21-18)13-11-16-8-4-3-5-9-16/h6-7,10,12,14-16H,3-5,8-9,11,13H2,1-2H3/t15-/m0/s1. The van der Waals surface area contributed by atoms with Crippen molar-refractivity contribution in [1.29, 1.82) is 0 Å². The second-order valence-electron chi connectivity index (χ2n) is 7.01. The molecule has 3 rings (SSSR count). The molecule has 0 unspecified atom stereocenters. The number of hydrogen-bond acceptors (Lipinski definition) is 4. The first-order valence-electron chi connectivity index (χ1n) is 9.23. The third-order valence-corrected chi connectivity index (χ3v) is 5.27. The van der Waals surface area contributed by atoms with E-state index in [1.54, 1.807) is 29.0 Å². The molecule has 6 heteroatoms. The van der Waals surface area contributed by atoms with Crippen LogP contribution in [0.5, 0.6) is 0 Å². The number of amides is 1. The van der Waals surface area contributed by atoms with Crippen molar-refractivity contribution in [3.63, 3.8) is 0 Å². The fourth-order valence-corrected chi connectivity index (χ4v) is 3.47. The molecule has 1 saturated carbocycles. The van der Waals surface area contributed by atoms with Crippen molar-refractivity contribution in [2.75, 3.05) is 7.05 Å². The first-order chi connectivity index (χ1) is 12.1. The maximum atomic E-state index is 12.7. The van der Waals surface area contributed by atoms with E-state index in [1.165, 1.54) is 32.1 Å². The Kier molecular flexibility index (Phi) is 5.79. The summed E-state index contributed by atoms with van der Waals surface area (Å²) in [5.41, 5.74) is 1.26. The highest BCUT2D eigenvalue weighted by molar-refractivity contribution is 5.92. The molecule has 1 amide bonds. The second kappa shape index (κ2) is 8.23. The molecule has 2 aromatic heterocycles. The third kappa shape index (κ3) is 4.44. The largest absolute Gasteiger partial charge is 0.332 e. The molecule has 2 heterocycles. The summed E-state index contributed by atoms with van der Waals surface area (Å²) in [7, 11) is 1.78. The summed E-state index contributed by atoms with van der Waals surface area (Å²) >= 11 is 0. The fourth-order valence-electron chi connectivity index (χ4n) is 3.47. The van der Waals surface area contributed by atoms with Crippen LogP contribution in [-0.4, -0.2) is 37.8 Å². The minimum Gasteiger partial charge on any atom is -0.332 e. The number of pyridine rings is 1. The number of carbonyl (C=O) groups is 1. The van der Waals surface area contributed by atoms with Gasteiger partial charge in [0.1, 0.15) is 0 Å². The van der Waals surface area contributed by atoms with Gasteiger partial charge in [0.25, 0.3) is 5.91 Å². The molecular weight excluding hydrogens is 314 g/mol. The SMILES string of the molecule is C[C@@H](c1ccccn1)N(C)C(=O)c1cn(CCC2CCCCC2)nn1. The monoisotopic (exact) mass is 341 g/mol. The molecule has 2 aromatic rings. The first-order valence-corrected chi connectivity index (χ1v) is 9.23. The van der Waals surface area contributed by atoms with Crippen molar-refractivity contribution in [2.24, 2.45) is 5.92 Å². The number of hydrogen-bond donors (Lipinski definition) is 0. The molecule has 0 aromatic carbocycles. The highest BCUT2D eigenvalue weighted by Crippen LogP contribution is 2.26. The van der Waals surface area contributed by atoms with Crippen molar-refractivity contribution < 1.29 is 4.79 Å². The lowest BCUT2D eigenvalue weighted by Crippen LogP contribution is -2.30. The van der Waals surface area contributed by atoms with Crippen LogP contribution >= 0.6 is 0 Å². The Balaban J connectivity index is 1.58. The van der Waals surface area contributed by atoms with Crippen LogP contribution in [0.25, 0.3) is 0 Å². The predicted molar refractivity (Wildman–Crippen MR) is 96.0 cm³/mol. The van der Waals surface area contributed by atoms with Crippen LogP contribution in [0.15, 0.2) is 30.6 Å². The Morgan fingerprint density at radius 3 is 2.84 bits per heavy atom. The summed E-state index contributed by atoms with van der Waals surface area (Å²) in [5, 5.41) is 8.22. The lowest BCUT2D eigenvalue weighted by Gasteiger charge is -2.23. The van der Waals surface area contributed by atoms with Gasteiger partial charge >= 0.3 is 0 Å². The van der Waals surface area contributed by atoms with Gasteiger partial charge in [0.2, 0.25) is 0 Å². The van der Waals surface area contributed by atoms with E-state index in [9.17, 15) is 4.79 Å². The highest BCUT2D eigenvalue weighted by atomic mass is 16.2. The van der Waals surface area contributed by atoms with Crippen molar-refractivity contribution >= 4 is 5.91 Å². The summed E-state index contributed by atoms with van der Waals surface area (Å²) in [5.74, 6) is 0.672. The van der Waals surface area contributed by atoms with E-state index in [4.69, 9.17) is 0 Å². The Morgan fingerprint density at radius 2 is 2.12 bits per heavy atom. The van der Waals surface area contributed by atoms with Crippen LogP contribution in [0.3, 0.4) is 0 Å². The van der Waals surface area contributed by atoms with Crippen molar-refractivity contribution in [2.45, 2.75) is 58.0 Å². The predicted octanol–water partition coefficient (Wildman–Crippen LogP) is 3.48. The zero-order valence-electron chi connectivity index (χ0n) is 15.1. The molecule has 0 bridgehead atoms. The van der Waals surface area contributed by atoms with Gasteiger partial charge in [0.05, 0.1) is 17.9 Å². The molecule has 0 spiro atoms. The van der Waals surface area contributed by atoms with Crippen LogP contribution in [0.2, 0.25) is 0 Å². The molecule has 0 radical (unpaired) electrons. The second-order valence-corrected chi connectivity index (χ2v) is 7.01. The number of rotatable bonds is 6. The van der Waals surface area contributed by atoms with E-state index < -0.39 is 0 Å². The van der Waals surface area contributed by atoms with Gasteiger partial charge in [0, 0.05) is 19.8 Å². The molecule has 6 nitrogen and oxygen atoms in total. The van der Waals surface area contributed by atoms with Gasteiger partial charge in [-0.05, 0) is 31.4 Å². The van der Waals surface area contributed by atoms with Gasteiger partial charge in [-0.3, -0.25) is 14.5 Å². The smallest absolute Gasteiger partial charge is 0.276 e. The number of aryl methyl sites for hydroxylation is 1. The normalized spacial score (nSPS) is 16.6. The van der Waals surface area contributed by atoms with Crippen LogP contribution in [0.1, 0.15) is 67.7 Å². The topological polar surface area (TPSA) is 63.9 Å². The third-order valence-electron chi connectivity index (χ3n) is 5.27. The quantitative estimate of drug-likeness (QED) is 0.807. The molecule has 0 saturated heterocycles. The van der Waals surface area contributed by atoms with E-state index in [0.717, 1.165) is 24.6 Å². The molecule has 1 fully saturated rings. The van der Waals surface area contributed by atoms with E-state index in [-0.39, 0.29) is 11.9 Å². The summed E-state index contributed by atoms with van der Waals surface area (Å²) in [6, 6.07) is 5.62. The lowest BCUT2D eigenvalue weighted by molar-refractivity contribution is 0.0733. The van der Waals surface area contributed by atoms with Crippen molar-refractivity contribution in [3.05, 3.63) is 42.0 Å². The molecular formula is C19H27N5O. The zero-order chi connectivity index (χ0) is 17.6. The van der Waals surface area contributed by atoms with Gasteiger partial charge in [-0.25, -0.2) is 0 Å². The summed E-state index contributed by atoms with van der Waals surface area (Å²) in [6.07, 6.45) is 11.4. The summed E-state index contributed by atoms with van der Waals surface area (Å²) in [4.78, 5) is 18.7.